The van der Waals surface area contributed by atoms with Crippen molar-refractivity contribution in [2.75, 3.05) is 11.4 Å². The van der Waals surface area contributed by atoms with Gasteiger partial charge in [0, 0.05) is 37.0 Å². The molecule has 0 amide bonds. The van der Waals surface area contributed by atoms with Crippen LogP contribution in [0.25, 0.3) is 0 Å². The van der Waals surface area contributed by atoms with Gasteiger partial charge in [-0.25, -0.2) is 4.98 Å². The average Bonchev–Trinajstić information content (AvgIpc) is 2.52. The maximum absolute atomic E-state index is 8.86. The van der Waals surface area contributed by atoms with E-state index in [-0.39, 0.29) is 0 Å². The summed E-state index contributed by atoms with van der Waals surface area (Å²) in [4.78, 5) is 10.8. The molecule has 2 rings (SSSR count). The quantitative estimate of drug-likeness (QED) is 0.751. The number of hydrogen-bond donors (Lipinski definition) is 0. The van der Waals surface area contributed by atoms with Crippen molar-refractivity contribution in [1.29, 1.82) is 5.26 Å². The van der Waals surface area contributed by atoms with Gasteiger partial charge >= 0.3 is 0 Å². The van der Waals surface area contributed by atoms with Gasteiger partial charge < -0.3 is 4.90 Å². The van der Waals surface area contributed by atoms with Crippen molar-refractivity contribution in [3.05, 3.63) is 53.5 Å². The first-order valence-electron chi connectivity index (χ1n) is 6.77. The third kappa shape index (κ3) is 4.27. The molecule has 0 radical (unpaired) electrons. The van der Waals surface area contributed by atoms with E-state index in [2.05, 4.69) is 49.9 Å². The zero-order chi connectivity index (χ0) is 15.1. The lowest BCUT2D eigenvalue weighted by Gasteiger charge is -2.24. The lowest BCUT2D eigenvalue weighted by molar-refractivity contribution is 0.775. The standard InChI is InChI=1S/C16H17BrN4/c1-13-8-15(9-17)11-20-16(13)21(7-3-5-18)12-14-4-2-6-19-10-14/h2,4,6,8,10-11H,3,7,9,12H2,1H3. The molecule has 0 unspecified atom stereocenters. The molecule has 0 aliphatic heterocycles. The minimum Gasteiger partial charge on any atom is -0.351 e. The van der Waals surface area contributed by atoms with Crippen molar-refractivity contribution in [2.24, 2.45) is 0 Å². The summed E-state index contributed by atoms with van der Waals surface area (Å²) in [5, 5.41) is 9.66. The van der Waals surface area contributed by atoms with Crippen LogP contribution in [0.1, 0.15) is 23.1 Å². The highest BCUT2D eigenvalue weighted by Crippen LogP contribution is 2.21. The van der Waals surface area contributed by atoms with Gasteiger partial charge in [-0.1, -0.05) is 28.1 Å². The van der Waals surface area contributed by atoms with E-state index >= 15 is 0 Å². The van der Waals surface area contributed by atoms with Crippen molar-refractivity contribution < 1.29 is 0 Å². The van der Waals surface area contributed by atoms with E-state index in [0.29, 0.717) is 19.5 Å². The van der Waals surface area contributed by atoms with Crippen molar-refractivity contribution in [2.45, 2.75) is 25.2 Å². The average molecular weight is 345 g/mol. The lowest BCUT2D eigenvalue weighted by Crippen LogP contribution is -2.25. The number of aryl methyl sites for hydroxylation is 1. The normalized spacial score (nSPS) is 10.1. The number of aromatic nitrogens is 2. The fourth-order valence-corrected chi connectivity index (χ4v) is 2.49. The highest BCUT2D eigenvalue weighted by Gasteiger charge is 2.12. The Kier molecular flexibility index (Phi) is 5.70. The molecule has 5 heteroatoms. The molecule has 0 saturated carbocycles. The highest BCUT2D eigenvalue weighted by atomic mass is 79.9. The monoisotopic (exact) mass is 344 g/mol. The summed E-state index contributed by atoms with van der Waals surface area (Å²) >= 11 is 3.44. The molecule has 0 fully saturated rings. The van der Waals surface area contributed by atoms with Crippen LogP contribution in [-0.4, -0.2) is 16.5 Å². The number of nitriles is 1. The van der Waals surface area contributed by atoms with Crippen molar-refractivity contribution >= 4 is 21.7 Å². The fraction of sp³-hybridized carbons (Fsp3) is 0.312. The van der Waals surface area contributed by atoms with Gasteiger partial charge in [0.1, 0.15) is 5.82 Å². The van der Waals surface area contributed by atoms with E-state index in [9.17, 15) is 0 Å². The van der Waals surface area contributed by atoms with Gasteiger partial charge in [0.2, 0.25) is 0 Å². The zero-order valence-electron chi connectivity index (χ0n) is 12.0. The summed E-state index contributed by atoms with van der Waals surface area (Å²) in [5.74, 6) is 0.929. The molecule has 0 N–H and O–H groups in total. The zero-order valence-corrected chi connectivity index (χ0v) is 13.5. The highest BCUT2D eigenvalue weighted by molar-refractivity contribution is 9.08. The van der Waals surface area contributed by atoms with Crippen molar-refractivity contribution in [1.82, 2.24) is 9.97 Å². The van der Waals surface area contributed by atoms with E-state index in [1.807, 2.05) is 24.5 Å². The summed E-state index contributed by atoms with van der Waals surface area (Å²) in [6.45, 7) is 3.42. The lowest BCUT2D eigenvalue weighted by atomic mass is 10.2. The Morgan fingerprint density at radius 1 is 1.33 bits per heavy atom. The first-order valence-corrected chi connectivity index (χ1v) is 7.89. The molecule has 4 nitrogen and oxygen atoms in total. The smallest absolute Gasteiger partial charge is 0.131 e. The predicted molar refractivity (Wildman–Crippen MR) is 87.1 cm³/mol. The number of anilines is 1. The molecular weight excluding hydrogens is 328 g/mol. The van der Waals surface area contributed by atoms with Crippen LogP contribution in [0.2, 0.25) is 0 Å². The van der Waals surface area contributed by atoms with Gasteiger partial charge in [-0.3, -0.25) is 4.98 Å². The predicted octanol–water partition coefficient (Wildman–Crippen LogP) is 3.60. The number of nitrogens with zero attached hydrogens (tertiary/aromatic N) is 4. The topological polar surface area (TPSA) is 52.8 Å². The van der Waals surface area contributed by atoms with E-state index in [0.717, 1.165) is 27.8 Å². The first kappa shape index (κ1) is 15.5. The molecule has 0 bridgehead atoms. The van der Waals surface area contributed by atoms with Crippen LogP contribution in [0, 0.1) is 18.3 Å². The maximum atomic E-state index is 8.86. The Bertz CT molecular complexity index is 622. The Balaban J connectivity index is 2.25. The second-order valence-corrected chi connectivity index (χ2v) is 5.37. The van der Waals surface area contributed by atoms with Gasteiger partial charge in [-0.05, 0) is 29.7 Å². The first-order chi connectivity index (χ1) is 10.2. The van der Waals surface area contributed by atoms with E-state index in [4.69, 9.17) is 5.26 Å². The third-order valence-corrected chi connectivity index (χ3v) is 3.80. The molecule has 2 aromatic heterocycles. The molecule has 0 atom stereocenters. The summed E-state index contributed by atoms with van der Waals surface area (Å²) in [5.41, 5.74) is 3.38. The molecule has 0 aliphatic carbocycles. The maximum Gasteiger partial charge on any atom is 0.131 e. The van der Waals surface area contributed by atoms with Crippen LogP contribution >= 0.6 is 15.9 Å². The summed E-state index contributed by atoms with van der Waals surface area (Å²) in [6, 6.07) is 8.29. The summed E-state index contributed by atoms with van der Waals surface area (Å²) in [6.07, 6.45) is 5.96. The number of pyridine rings is 2. The number of alkyl halides is 1. The summed E-state index contributed by atoms with van der Waals surface area (Å²) in [7, 11) is 0. The van der Waals surface area contributed by atoms with Crippen LogP contribution in [0.4, 0.5) is 5.82 Å². The van der Waals surface area contributed by atoms with Crippen LogP contribution in [0.3, 0.4) is 0 Å². The van der Waals surface area contributed by atoms with Crippen LogP contribution in [0.15, 0.2) is 36.8 Å². The molecule has 2 aromatic rings. The molecule has 0 aliphatic rings. The van der Waals surface area contributed by atoms with Crippen LogP contribution in [0.5, 0.6) is 0 Å². The van der Waals surface area contributed by atoms with Crippen molar-refractivity contribution in [3.63, 3.8) is 0 Å². The Morgan fingerprint density at radius 3 is 2.81 bits per heavy atom. The Morgan fingerprint density at radius 2 is 2.19 bits per heavy atom. The van der Waals surface area contributed by atoms with Gasteiger partial charge in [0.05, 0.1) is 12.5 Å². The number of rotatable bonds is 6. The van der Waals surface area contributed by atoms with Gasteiger partial charge in [0.15, 0.2) is 0 Å². The molecule has 0 aromatic carbocycles. The molecule has 0 saturated heterocycles. The second-order valence-electron chi connectivity index (χ2n) is 4.81. The minimum absolute atomic E-state index is 0.474. The van der Waals surface area contributed by atoms with E-state index in [1.165, 1.54) is 0 Å². The van der Waals surface area contributed by atoms with Gasteiger partial charge in [-0.15, -0.1) is 0 Å². The van der Waals surface area contributed by atoms with E-state index < -0.39 is 0 Å². The van der Waals surface area contributed by atoms with Gasteiger partial charge in [0.25, 0.3) is 0 Å². The largest absolute Gasteiger partial charge is 0.351 e. The Labute approximate surface area is 133 Å². The SMILES string of the molecule is Cc1cc(CBr)cnc1N(CCC#N)Cc1cccnc1. The summed E-state index contributed by atoms with van der Waals surface area (Å²) < 4.78 is 0. The molecule has 2 heterocycles. The van der Waals surface area contributed by atoms with Gasteiger partial charge in [-0.2, -0.15) is 5.26 Å². The van der Waals surface area contributed by atoms with Crippen LogP contribution < -0.4 is 4.90 Å². The van der Waals surface area contributed by atoms with Crippen molar-refractivity contribution in [3.8, 4) is 6.07 Å². The third-order valence-electron chi connectivity index (χ3n) is 3.15. The molecular formula is C16H17BrN4. The second kappa shape index (κ2) is 7.75. The number of hydrogen-bond acceptors (Lipinski definition) is 4. The van der Waals surface area contributed by atoms with E-state index in [1.54, 1.807) is 6.20 Å². The molecule has 0 spiro atoms. The Hall–Kier alpha value is -1.93. The minimum atomic E-state index is 0.474. The van der Waals surface area contributed by atoms with Crippen LogP contribution in [-0.2, 0) is 11.9 Å². The fourth-order valence-electron chi connectivity index (χ4n) is 2.19. The molecule has 21 heavy (non-hydrogen) atoms. The number of halogens is 1. The molecule has 108 valence electrons.